The molecule has 3 aromatic rings. The van der Waals surface area contributed by atoms with Crippen LogP contribution in [0, 0.1) is 0 Å². The first-order valence-electron chi connectivity index (χ1n) is 8.01. The molecule has 0 heterocycles. The van der Waals surface area contributed by atoms with E-state index in [1.165, 1.54) is 24.3 Å². The Morgan fingerprint density at radius 3 is 2.11 bits per heavy atom. The highest BCUT2D eigenvalue weighted by atomic mass is 35.5. The molecule has 0 spiro atoms. The fourth-order valence-corrected chi connectivity index (χ4v) is 3.29. The normalized spacial score (nSPS) is 11.2. The summed E-state index contributed by atoms with van der Waals surface area (Å²) in [5, 5.41) is 3.41. The zero-order valence-corrected chi connectivity index (χ0v) is 16.0. The summed E-state index contributed by atoms with van der Waals surface area (Å²) in [4.78, 5) is 12.6. The van der Waals surface area contributed by atoms with Crippen LogP contribution in [0.3, 0.4) is 0 Å². The van der Waals surface area contributed by atoms with E-state index >= 15 is 0 Å². The molecule has 1 amide bonds. The summed E-state index contributed by atoms with van der Waals surface area (Å²) in [6.45, 7) is 0. The standard InChI is InChI=1S/C20H17ClN2O3S/c1-27(25,26)17-9-4-14(5-10-17)20(24)23-19-12-15(6-11-18(19)22)13-2-7-16(21)8-3-13/h2-12H,22H2,1H3,(H,23,24). The molecule has 0 aliphatic rings. The molecule has 0 aliphatic carbocycles. The van der Waals surface area contributed by atoms with Gasteiger partial charge in [-0.1, -0.05) is 29.8 Å². The van der Waals surface area contributed by atoms with Crippen molar-refractivity contribution in [3.05, 3.63) is 77.3 Å². The third-order valence-electron chi connectivity index (χ3n) is 4.02. The van der Waals surface area contributed by atoms with Crippen LogP contribution in [-0.2, 0) is 9.84 Å². The van der Waals surface area contributed by atoms with Gasteiger partial charge in [-0.3, -0.25) is 4.79 Å². The van der Waals surface area contributed by atoms with E-state index in [0.717, 1.165) is 17.4 Å². The molecular weight excluding hydrogens is 384 g/mol. The van der Waals surface area contributed by atoms with E-state index in [4.69, 9.17) is 17.3 Å². The number of halogens is 1. The number of anilines is 2. The predicted octanol–water partition coefficient (Wildman–Crippen LogP) is 4.25. The largest absolute Gasteiger partial charge is 0.397 e. The number of carbonyl (C=O) groups excluding carboxylic acids is 1. The van der Waals surface area contributed by atoms with Crippen molar-refractivity contribution >= 4 is 38.7 Å². The molecular formula is C20H17ClN2O3S. The van der Waals surface area contributed by atoms with Crippen molar-refractivity contribution in [3.8, 4) is 11.1 Å². The molecule has 0 aromatic heterocycles. The van der Waals surface area contributed by atoms with Crippen LogP contribution < -0.4 is 11.1 Å². The van der Waals surface area contributed by atoms with Gasteiger partial charge in [-0.05, 0) is 59.7 Å². The molecule has 0 unspecified atom stereocenters. The number of nitrogens with two attached hydrogens (primary N) is 1. The lowest BCUT2D eigenvalue weighted by Crippen LogP contribution is -2.13. The van der Waals surface area contributed by atoms with Crippen LogP contribution in [0.25, 0.3) is 11.1 Å². The van der Waals surface area contributed by atoms with Gasteiger partial charge in [0.2, 0.25) is 0 Å². The van der Waals surface area contributed by atoms with Crippen molar-refractivity contribution in [2.45, 2.75) is 4.90 Å². The molecule has 0 bridgehead atoms. The monoisotopic (exact) mass is 400 g/mol. The Balaban J connectivity index is 1.85. The van der Waals surface area contributed by atoms with Gasteiger partial charge in [0.1, 0.15) is 0 Å². The average Bonchev–Trinajstić information content (AvgIpc) is 2.63. The van der Waals surface area contributed by atoms with Crippen LogP contribution in [0.4, 0.5) is 11.4 Å². The maximum atomic E-state index is 12.5. The minimum Gasteiger partial charge on any atom is -0.397 e. The van der Waals surface area contributed by atoms with Gasteiger partial charge in [0, 0.05) is 16.8 Å². The zero-order chi connectivity index (χ0) is 19.6. The molecule has 0 fully saturated rings. The molecule has 27 heavy (non-hydrogen) atoms. The van der Waals surface area contributed by atoms with Crippen LogP contribution in [-0.4, -0.2) is 20.6 Å². The molecule has 5 nitrogen and oxygen atoms in total. The van der Waals surface area contributed by atoms with Gasteiger partial charge in [0.25, 0.3) is 5.91 Å². The van der Waals surface area contributed by atoms with Gasteiger partial charge < -0.3 is 11.1 Å². The number of sulfone groups is 1. The topological polar surface area (TPSA) is 89.3 Å². The Kier molecular flexibility index (Phi) is 5.21. The first-order valence-corrected chi connectivity index (χ1v) is 10.3. The number of carbonyl (C=O) groups is 1. The Bertz CT molecular complexity index is 1090. The third kappa shape index (κ3) is 4.48. The summed E-state index contributed by atoms with van der Waals surface area (Å²) < 4.78 is 23.0. The second-order valence-electron chi connectivity index (χ2n) is 6.06. The molecule has 0 atom stereocenters. The van der Waals surface area contributed by atoms with E-state index in [-0.39, 0.29) is 10.8 Å². The Morgan fingerprint density at radius 2 is 1.52 bits per heavy atom. The second kappa shape index (κ2) is 7.42. The van der Waals surface area contributed by atoms with Gasteiger partial charge >= 0.3 is 0 Å². The Hall–Kier alpha value is -2.83. The number of rotatable bonds is 4. The van der Waals surface area contributed by atoms with Crippen LogP contribution in [0.1, 0.15) is 10.4 Å². The number of nitrogens with one attached hydrogen (secondary N) is 1. The maximum absolute atomic E-state index is 12.5. The highest BCUT2D eigenvalue weighted by molar-refractivity contribution is 7.90. The summed E-state index contributed by atoms with van der Waals surface area (Å²) >= 11 is 5.92. The summed E-state index contributed by atoms with van der Waals surface area (Å²) in [5.74, 6) is -0.380. The first-order chi connectivity index (χ1) is 12.7. The van der Waals surface area contributed by atoms with Crippen LogP contribution in [0.5, 0.6) is 0 Å². The molecule has 3 N–H and O–H groups in total. The molecule has 3 rings (SSSR count). The van der Waals surface area contributed by atoms with Crippen molar-refractivity contribution < 1.29 is 13.2 Å². The van der Waals surface area contributed by atoms with Crippen molar-refractivity contribution in [1.29, 1.82) is 0 Å². The van der Waals surface area contributed by atoms with E-state index in [1.54, 1.807) is 24.3 Å². The van der Waals surface area contributed by atoms with Gasteiger partial charge in [0.05, 0.1) is 16.3 Å². The molecule has 0 saturated heterocycles. The van der Waals surface area contributed by atoms with E-state index in [2.05, 4.69) is 5.32 Å². The van der Waals surface area contributed by atoms with Crippen LogP contribution >= 0.6 is 11.6 Å². The summed E-state index contributed by atoms with van der Waals surface area (Å²) in [6.07, 6.45) is 1.12. The Morgan fingerprint density at radius 1 is 0.926 bits per heavy atom. The fraction of sp³-hybridized carbons (Fsp3) is 0.0500. The number of nitrogen functional groups attached to an aromatic ring is 1. The van der Waals surface area contributed by atoms with Crippen molar-refractivity contribution in [3.63, 3.8) is 0 Å². The average molecular weight is 401 g/mol. The summed E-state index contributed by atoms with van der Waals surface area (Å²) in [5.41, 5.74) is 9.03. The molecule has 0 radical (unpaired) electrons. The lowest BCUT2D eigenvalue weighted by atomic mass is 10.0. The van der Waals surface area contributed by atoms with Crippen molar-refractivity contribution in [2.24, 2.45) is 0 Å². The first kappa shape index (κ1) is 18.9. The van der Waals surface area contributed by atoms with Gasteiger partial charge in [-0.2, -0.15) is 0 Å². The number of hydrogen-bond acceptors (Lipinski definition) is 4. The van der Waals surface area contributed by atoms with E-state index in [9.17, 15) is 13.2 Å². The third-order valence-corrected chi connectivity index (χ3v) is 5.40. The van der Waals surface area contributed by atoms with Crippen LogP contribution in [0.2, 0.25) is 5.02 Å². The van der Waals surface area contributed by atoms with E-state index in [0.29, 0.717) is 22.0 Å². The van der Waals surface area contributed by atoms with Crippen LogP contribution in [0.15, 0.2) is 71.6 Å². The van der Waals surface area contributed by atoms with Crippen molar-refractivity contribution in [1.82, 2.24) is 0 Å². The highest BCUT2D eigenvalue weighted by Crippen LogP contribution is 2.28. The van der Waals surface area contributed by atoms with Gasteiger partial charge in [-0.25, -0.2) is 8.42 Å². The summed E-state index contributed by atoms with van der Waals surface area (Å²) in [7, 11) is -3.31. The zero-order valence-electron chi connectivity index (χ0n) is 14.4. The van der Waals surface area contributed by atoms with Gasteiger partial charge in [0.15, 0.2) is 9.84 Å². The molecule has 0 aliphatic heterocycles. The smallest absolute Gasteiger partial charge is 0.255 e. The lowest BCUT2D eigenvalue weighted by Gasteiger charge is -2.11. The number of amides is 1. The van der Waals surface area contributed by atoms with E-state index < -0.39 is 9.84 Å². The lowest BCUT2D eigenvalue weighted by molar-refractivity contribution is 0.102. The molecule has 138 valence electrons. The molecule has 0 saturated carbocycles. The minimum atomic E-state index is -3.31. The Labute approximate surface area is 162 Å². The number of hydrogen-bond donors (Lipinski definition) is 2. The molecule has 7 heteroatoms. The van der Waals surface area contributed by atoms with Gasteiger partial charge in [-0.15, -0.1) is 0 Å². The summed E-state index contributed by atoms with van der Waals surface area (Å²) in [6, 6.07) is 18.4. The van der Waals surface area contributed by atoms with E-state index in [1.807, 2.05) is 18.2 Å². The van der Waals surface area contributed by atoms with Crippen molar-refractivity contribution in [2.75, 3.05) is 17.3 Å². The molecule has 3 aromatic carbocycles. The fourth-order valence-electron chi connectivity index (χ4n) is 2.53. The highest BCUT2D eigenvalue weighted by Gasteiger charge is 2.12. The predicted molar refractivity (Wildman–Crippen MR) is 109 cm³/mol. The number of benzene rings is 3. The minimum absolute atomic E-state index is 0.156. The maximum Gasteiger partial charge on any atom is 0.255 e. The quantitative estimate of drug-likeness (QED) is 0.641. The SMILES string of the molecule is CS(=O)(=O)c1ccc(C(=O)Nc2cc(-c3ccc(Cl)cc3)ccc2N)cc1. The second-order valence-corrected chi connectivity index (χ2v) is 8.51.